The molecule has 5 atom stereocenters. The molecule has 0 aromatic carbocycles. The maximum atomic E-state index is 12.8. The van der Waals surface area contributed by atoms with Crippen LogP contribution in [0.15, 0.2) is 17.1 Å². The normalized spacial score (nSPS) is 40.6. The molecule has 2 bridgehead atoms. The molecule has 4 unspecified atom stereocenters. The summed E-state index contributed by atoms with van der Waals surface area (Å²) in [5.74, 6) is 1.28. The first-order valence-corrected chi connectivity index (χ1v) is 7.45. The fourth-order valence-electron chi connectivity index (χ4n) is 4.20. The molecule has 5 heteroatoms. The van der Waals surface area contributed by atoms with Gasteiger partial charge in [-0.3, -0.25) is 14.7 Å². The second kappa shape index (κ2) is 4.17. The van der Waals surface area contributed by atoms with E-state index in [9.17, 15) is 9.59 Å². The van der Waals surface area contributed by atoms with Gasteiger partial charge in [-0.15, -0.1) is 0 Å². The van der Waals surface area contributed by atoms with Crippen LogP contribution in [0, 0.1) is 17.8 Å². The number of amidine groups is 1. The van der Waals surface area contributed by atoms with Crippen LogP contribution >= 0.6 is 0 Å². The van der Waals surface area contributed by atoms with Gasteiger partial charge in [-0.05, 0) is 25.7 Å². The minimum absolute atomic E-state index is 0.0521. The molecule has 2 fully saturated rings. The fourth-order valence-corrected chi connectivity index (χ4v) is 4.20. The van der Waals surface area contributed by atoms with Crippen LogP contribution in [0.1, 0.15) is 26.2 Å². The van der Waals surface area contributed by atoms with Gasteiger partial charge in [0, 0.05) is 12.3 Å². The maximum Gasteiger partial charge on any atom is 0.329 e. The van der Waals surface area contributed by atoms with Gasteiger partial charge in [-0.25, -0.2) is 4.79 Å². The zero-order valence-electron chi connectivity index (χ0n) is 11.5. The number of amides is 1. The summed E-state index contributed by atoms with van der Waals surface area (Å²) < 4.78 is 5.09. The highest BCUT2D eigenvalue weighted by molar-refractivity contribution is 6.07. The molecule has 0 radical (unpaired) electrons. The lowest BCUT2D eigenvalue weighted by Gasteiger charge is -2.36. The highest BCUT2D eigenvalue weighted by Gasteiger charge is 2.55. The van der Waals surface area contributed by atoms with Gasteiger partial charge in [0.25, 0.3) is 0 Å². The summed E-state index contributed by atoms with van der Waals surface area (Å²) in [5.41, 5.74) is 0. The average molecular weight is 274 g/mol. The first-order valence-electron chi connectivity index (χ1n) is 7.45. The van der Waals surface area contributed by atoms with Gasteiger partial charge in [0.2, 0.25) is 5.91 Å². The van der Waals surface area contributed by atoms with Crippen molar-refractivity contribution in [2.24, 2.45) is 22.7 Å². The lowest BCUT2D eigenvalue weighted by molar-refractivity contribution is -0.152. The van der Waals surface area contributed by atoms with Crippen molar-refractivity contribution in [2.45, 2.75) is 38.3 Å². The Balaban J connectivity index is 1.66. The molecule has 0 N–H and O–H groups in total. The van der Waals surface area contributed by atoms with Gasteiger partial charge >= 0.3 is 5.97 Å². The summed E-state index contributed by atoms with van der Waals surface area (Å²) in [6.45, 7) is 2.14. The van der Waals surface area contributed by atoms with Crippen molar-refractivity contribution < 1.29 is 14.3 Å². The lowest BCUT2D eigenvalue weighted by Crippen LogP contribution is -2.52. The molecule has 2 aliphatic carbocycles. The molecule has 4 rings (SSSR count). The molecule has 2 aliphatic heterocycles. The van der Waals surface area contributed by atoms with Crippen molar-refractivity contribution in [3.63, 3.8) is 0 Å². The number of carbonyl (C=O) groups excluding carboxylic acids is 2. The summed E-state index contributed by atoms with van der Waals surface area (Å²) in [6, 6.07) is -0.338. The second-order valence-corrected chi connectivity index (χ2v) is 6.02. The molecule has 1 saturated carbocycles. The van der Waals surface area contributed by atoms with Gasteiger partial charge in [0.15, 0.2) is 0 Å². The van der Waals surface area contributed by atoms with Crippen molar-refractivity contribution in [2.75, 3.05) is 6.61 Å². The number of rotatable bonds is 2. The van der Waals surface area contributed by atoms with E-state index in [1.165, 1.54) is 0 Å². The Bertz CT molecular complexity index is 539. The topological polar surface area (TPSA) is 59.0 Å². The minimum Gasteiger partial charge on any atom is -0.464 e. The van der Waals surface area contributed by atoms with Crippen LogP contribution in [0.2, 0.25) is 0 Å². The molecule has 4 aliphatic rings. The van der Waals surface area contributed by atoms with Crippen molar-refractivity contribution in [3.8, 4) is 0 Å². The van der Waals surface area contributed by atoms with E-state index in [-0.39, 0.29) is 23.8 Å². The fraction of sp³-hybridized carbons (Fsp3) is 0.667. The number of esters is 1. The number of allylic oxidation sites excluding steroid dienone is 1. The van der Waals surface area contributed by atoms with Crippen molar-refractivity contribution in [3.05, 3.63) is 12.2 Å². The van der Waals surface area contributed by atoms with Gasteiger partial charge in [-0.1, -0.05) is 12.2 Å². The second-order valence-electron chi connectivity index (χ2n) is 6.02. The molecule has 5 nitrogen and oxygen atoms in total. The molecule has 1 amide bonds. The van der Waals surface area contributed by atoms with E-state index in [1.54, 1.807) is 11.8 Å². The molecular weight excluding hydrogens is 256 g/mol. The van der Waals surface area contributed by atoms with Crippen molar-refractivity contribution in [1.82, 2.24) is 4.90 Å². The molecule has 1 saturated heterocycles. The Morgan fingerprint density at radius 3 is 3.05 bits per heavy atom. The SMILES string of the molecule is CCOC(=O)[C@@H]1CCC2=NC3C4C=CC(C4)C3C(=O)N21. The number of ether oxygens (including phenoxy) is 1. The van der Waals surface area contributed by atoms with E-state index in [0.29, 0.717) is 31.3 Å². The average Bonchev–Trinajstić information content (AvgIpc) is 3.12. The summed E-state index contributed by atoms with van der Waals surface area (Å²) in [7, 11) is 0. The quantitative estimate of drug-likeness (QED) is 0.560. The van der Waals surface area contributed by atoms with Gasteiger partial charge in [-0.2, -0.15) is 0 Å². The zero-order chi connectivity index (χ0) is 13.9. The molecule has 2 heterocycles. The number of nitrogens with zero attached hydrogens (tertiary/aromatic N) is 2. The largest absolute Gasteiger partial charge is 0.464 e. The Hall–Kier alpha value is -1.65. The Labute approximate surface area is 117 Å². The Morgan fingerprint density at radius 2 is 2.25 bits per heavy atom. The van der Waals surface area contributed by atoms with Crippen molar-refractivity contribution >= 4 is 17.7 Å². The molecule has 0 spiro atoms. The minimum atomic E-state index is -0.453. The number of carbonyl (C=O) groups is 2. The van der Waals surface area contributed by atoms with E-state index < -0.39 is 6.04 Å². The molecule has 20 heavy (non-hydrogen) atoms. The van der Waals surface area contributed by atoms with Gasteiger partial charge in [0.1, 0.15) is 11.9 Å². The lowest BCUT2D eigenvalue weighted by atomic mass is 9.86. The molecular formula is C15H18N2O3. The van der Waals surface area contributed by atoms with E-state index in [2.05, 4.69) is 12.2 Å². The predicted molar refractivity (Wildman–Crippen MR) is 72.0 cm³/mol. The van der Waals surface area contributed by atoms with Gasteiger partial charge < -0.3 is 4.74 Å². The summed E-state index contributed by atoms with van der Waals surface area (Å²) >= 11 is 0. The summed E-state index contributed by atoms with van der Waals surface area (Å²) in [5, 5.41) is 0. The van der Waals surface area contributed by atoms with E-state index in [0.717, 1.165) is 12.3 Å². The molecule has 0 aromatic rings. The standard InChI is InChI=1S/C15H18N2O3/c1-2-20-15(19)10-5-6-11-16-13-9-4-3-8(7-9)12(13)14(18)17(10)11/h3-4,8-10,12-13H,2,5-7H2,1H3/t8?,9?,10-,12?,13?/m0/s1. The number of hydrogen-bond donors (Lipinski definition) is 0. The monoisotopic (exact) mass is 274 g/mol. The number of aliphatic imine (C=N–C) groups is 1. The van der Waals surface area contributed by atoms with E-state index in [4.69, 9.17) is 9.73 Å². The van der Waals surface area contributed by atoms with Crippen LogP contribution in [0.25, 0.3) is 0 Å². The van der Waals surface area contributed by atoms with Crippen LogP contribution in [0.4, 0.5) is 0 Å². The first kappa shape index (κ1) is 12.1. The van der Waals surface area contributed by atoms with Crippen LogP contribution in [-0.2, 0) is 14.3 Å². The summed E-state index contributed by atoms with van der Waals surface area (Å²) in [4.78, 5) is 31.2. The van der Waals surface area contributed by atoms with Crippen LogP contribution < -0.4 is 0 Å². The third-order valence-electron chi connectivity index (χ3n) is 5.03. The Kier molecular flexibility index (Phi) is 2.53. The predicted octanol–water partition coefficient (Wildman–Crippen LogP) is 1.14. The maximum absolute atomic E-state index is 12.8. The first-order chi connectivity index (χ1) is 9.70. The Morgan fingerprint density at radius 1 is 1.45 bits per heavy atom. The number of hydrogen-bond acceptors (Lipinski definition) is 4. The third-order valence-corrected chi connectivity index (χ3v) is 5.03. The molecule has 0 aromatic heterocycles. The van der Waals surface area contributed by atoms with Crippen LogP contribution in [0.3, 0.4) is 0 Å². The highest BCUT2D eigenvalue weighted by atomic mass is 16.5. The smallest absolute Gasteiger partial charge is 0.329 e. The zero-order valence-corrected chi connectivity index (χ0v) is 11.5. The highest BCUT2D eigenvalue weighted by Crippen LogP contribution is 2.49. The molecule has 106 valence electrons. The van der Waals surface area contributed by atoms with Crippen LogP contribution in [0.5, 0.6) is 0 Å². The number of fused-ring (bicyclic) bond motifs is 6. The van der Waals surface area contributed by atoms with Gasteiger partial charge in [0.05, 0.1) is 18.6 Å². The van der Waals surface area contributed by atoms with Crippen molar-refractivity contribution in [1.29, 1.82) is 0 Å². The van der Waals surface area contributed by atoms with E-state index in [1.807, 2.05) is 0 Å². The van der Waals surface area contributed by atoms with E-state index >= 15 is 0 Å². The van der Waals surface area contributed by atoms with Crippen LogP contribution in [-0.4, -0.2) is 41.3 Å². The third kappa shape index (κ3) is 1.46. The summed E-state index contributed by atoms with van der Waals surface area (Å²) in [6.07, 6.45) is 6.75.